The summed E-state index contributed by atoms with van der Waals surface area (Å²) in [6.45, 7) is 11.0. The predicted molar refractivity (Wildman–Crippen MR) is 143 cm³/mol. The van der Waals surface area contributed by atoms with Crippen molar-refractivity contribution < 1.29 is 9.53 Å². The summed E-state index contributed by atoms with van der Waals surface area (Å²) in [5, 5.41) is 8.45. The third kappa shape index (κ3) is 4.09. The van der Waals surface area contributed by atoms with Crippen LogP contribution >= 0.6 is 0 Å². The Kier molecular flexibility index (Phi) is 5.97. The largest absolute Gasteiger partial charge is 0.377 e. The number of aromatic nitrogens is 2. The van der Waals surface area contributed by atoms with Crippen LogP contribution < -0.4 is 5.32 Å². The number of aryl methyl sites for hydroxylation is 1. The minimum absolute atomic E-state index is 0.160. The number of aliphatic imine (C=N–C) groups is 1. The molecule has 4 heterocycles. The highest BCUT2D eigenvalue weighted by Crippen LogP contribution is 2.49. The molecule has 2 amide bonds. The average Bonchev–Trinajstić information content (AvgIpc) is 3.79. The van der Waals surface area contributed by atoms with Crippen molar-refractivity contribution in [3.8, 4) is 0 Å². The van der Waals surface area contributed by atoms with Gasteiger partial charge in [0.05, 0.1) is 37.0 Å². The van der Waals surface area contributed by atoms with E-state index in [2.05, 4.69) is 57.1 Å². The zero-order chi connectivity index (χ0) is 25.9. The lowest BCUT2D eigenvalue weighted by Crippen LogP contribution is -2.64. The van der Waals surface area contributed by atoms with E-state index in [0.29, 0.717) is 31.8 Å². The molecule has 2 fully saturated rings. The fourth-order valence-corrected chi connectivity index (χ4v) is 6.03. The summed E-state index contributed by atoms with van der Waals surface area (Å²) >= 11 is 0. The predicted octanol–water partition coefficient (Wildman–Crippen LogP) is 3.19. The van der Waals surface area contributed by atoms with Crippen LogP contribution in [0, 0.1) is 6.92 Å². The van der Waals surface area contributed by atoms with Crippen LogP contribution in [0.3, 0.4) is 0 Å². The van der Waals surface area contributed by atoms with Gasteiger partial charge in [-0.1, -0.05) is 0 Å². The highest BCUT2D eigenvalue weighted by molar-refractivity contribution is 5.79. The van der Waals surface area contributed by atoms with Crippen LogP contribution in [0.15, 0.2) is 34.7 Å². The summed E-state index contributed by atoms with van der Waals surface area (Å²) in [5.74, 6) is 0.782. The summed E-state index contributed by atoms with van der Waals surface area (Å²) in [7, 11) is 2.04. The van der Waals surface area contributed by atoms with E-state index in [1.54, 1.807) is 0 Å². The molecule has 0 bridgehead atoms. The maximum absolute atomic E-state index is 14.1. The Hall–Kier alpha value is -3.01. The fourth-order valence-electron chi connectivity index (χ4n) is 6.03. The number of nitrogens with zero attached hydrogens (tertiary/aromatic N) is 7. The number of rotatable bonds is 9. The molecule has 6 rings (SSSR count). The maximum atomic E-state index is 14.1. The fraction of sp³-hybridized carbons (Fsp3) is 0.667. The first-order valence-corrected chi connectivity index (χ1v) is 13.8. The number of carbonyl (C=O) groups excluding carboxylic acids is 1. The molecule has 5 aliphatic rings. The van der Waals surface area contributed by atoms with Crippen molar-refractivity contribution in [2.75, 3.05) is 32.1 Å². The molecule has 1 aromatic rings. The Labute approximate surface area is 219 Å². The smallest absolute Gasteiger partial charge is 0.322 e. The summed E-state index contributed by atoms with van der Waals surface area (Å²) in [6, 6.07) is 3.04. The van der Waals surface area contributed by atoms with Crippen LogP contribution in [0.5, 0.6) is 0 Å². The minimum Gasteiger partial charge on any atom is -0.377 e. The number of amides is 2. The zero-order valence-electron chi connectivity index (χ0n) is 22.7. The number of anilines is 1. The molecule has 2 aliphatic carbocycles. The molecule has 0 saturated heterocycles. The van der Waals surface area contributed by atoms with E-state index < -0.39 is 5.54 Å². The van der Waals surface area contributed by atoms with Crippen molar-refractivity contribution in [2.24, 2.45) is 4.99 Å². The topological polar surface area (TPSA) is 81.5 Å². The van der Waals surface area contributed by atoms with E-state index in [4.69, 9.17) is 14.8 Å². The molecule has 37 heavy (non-hydrogen) atoms. The van der Waals surface area contributed by atoms with Gasteiger partial charge in [-0.3, -0.25) is 14.6 Å². The summed E-state index contributed by atoms with van der Waals surface area (Å²) in [6.07, 6.45) is 10.7. The molecule has 10 nitrogen and oxygen atoms in total. The highest BCUT2D eigenvalue weighted by Gasteiger charge is 2.61. The third-order valence-corrected chi connectivity index (χ3v) is 8.09. The van der Waals surface area contributed by atoms with Crippen LogP contribution in [0.1, 0.15) is 52.1 Å². The number of nitrogens with one attached hydrogen (secondary N) is 1. The van der Waals surface area contributed by atoms with E-state index in [1.807, 2.05) is 31.9 Å². The van der Waals surface area contributed by atoms with Gasteiger partial charge >= 0.3 is 6.03 Å². The highest BCUT2D eigenvalue weighted by atomic mass is 16.5. The molecular formula is C27H40N8O2. The second kappa shape index (κ2) is 9.08. The van der Waals surface area contributed by atoms with Crippen LogP contribution in [0.2, 0.25) is 0 Å². The molecule has 1 aromatic heterocycles. The normalized spacial score (nSPS) is 26.4. The molecule has 10 heteroatoms. The summed E-state index contributed by atoms with van der Waals surface area (Å²) in [4.78, 5) is 27.8. The number of ether oxygens (including phenoxy) is 1. The third-order valence-electron chi connectivity index (χ3n) is 8.09. The molecule has 1 spiro atoms. The van der Waals surface area contributed by atoms with Crippen molar-refractivity contribution in [3.05, 3.63) is 35.4 Å². The Morgan fingerprint density at radius 1 is 1.27 bits per heavy atom. The SMILES string of the molecule is CCN1C=C(Nc2cc(C)n(CCOC(C)C)n2)C23N=CN(C)C2=CCN(C(=O)N(C2CC2)C2CC2)C13. The minimum atomic E-state index is -0.699. The Morgan fingerprint density at radius 3 is 2.65 bits per heavy atom. The van der Waals surface area contributed by atoms with Crippen molar-refractivity contribution in [2.45, 2.75) is 89.8 Å². The van der Waals surface area contributed by atoms with Crippen LogP contribution in [0.25, 0.3) is 0 Å². The Morgan fingerprint density at radius 2 is 2.00 bits per heavy atom. The van der Waals surface area contributed by atoms with Gasteiger partial charge in [0.25, 0.3) is 0 Å². The molecule has 2 atom stereocenters. The Bertz CT molecular complexity index is 1140. The molecule has 0 radical (unpaired) electrons. The maximum Gasteiger partial charge on any atom is 0.322 e. The van der Waals surface area contributed by atoms with Gasteiger partial charge in [0, 0.05) is 50.2 Å². The van der Waals surface area contributed by atoms with Gasteiger partial charge in [0.1, 0.15) is 6.17 Å². The van der Waals surface area contributed by atoms with E-state index in [-0.39, 0.29) is 18.3 Å². The first-order chi connectivity index (χ1) is 17.8. The first-order valence-electron chi connectivity index (χ1n) is 13.8. The quantitative estimate of drug-likeness (QED) is 0.552. The van der Waals surface area contributed by atoms with Gasteiger partial charge in [0.2, 0.25) is 0 Å². The van der Waals surface area contributed by atoms with Gasteiger partial charge in [-0.25, -0.2) is 4.79 Å². The van der Waals surface area contributed by atoms with Crippen molar-refractivity contribution >= 4 is 18.2 Å². The number of likely N-dealkylation sites (N-methyl/N-ethyl adjacent to an activating group) is 2. The second-order valence-electron chi connectivity index (χ2n) is 11.2. The van der Waals surface area contributed by atoms with E-state index >= 15 is 0 Å². The van der Waals surface area contributed by atoms with Gasteiger partial charge in [0.15, 0.2) is 11.4 Å². The number of hydrogen-bond donors (Lipinski definition) is 1. The van der Waals surface area contributed by atoms with Gasteiger partial charge < -0.3 is 24.8 Å². The number of carbonyl (C=O) groups is 1. The van der Waals surface area contributed by atoms with Crippen molar-refractivity contribution in [3.63, 3.8) is 0 Å². The van der Waals surface area contributed by atoms with Crippen molar-refractivity contribution in [1.29, 1.82) is 0 Å². The Balaban J connectivity index is 1.30. The van der Waals surface area contributed by atoms with E-state index in [0.717, 1.165) is 55.1 Å². The number of hydrogen-bond acceptors (Lipinski definition) is 7. The molecule has 1 N–H and O–H groups in total. The lowest BCUT2D eigenvalue weighted by atomic mass is 9.86. The van der Waals surface area contributed by atoms with E-state index in [1.165, 1.54) is 0 Å². The molecule has 3 aliphatic heterocycles. The molecule has 2 saturated carbocycles. The van der Waals surface area contributed by atoms with E-state index in [9.17, 15) is 4.79 Å². The first kappa shape index (κ1) is 24.3. The summed E-state index contributed by atoms with van der Waals surface area (Å²) in [5.41, 5.74) is 2.44. The lowest BCUT2D eigenvalue weighted by Gasteiger charge is -2.47. The summed E-state index contributed by atoms with van der Waals surface area (Å²) < 4.78 is 7.71. The number of urea groups is 1. The standard InChI is InChI=1S/C27H40N8O2/c1-6-32-16-22(29-24-15-19(4)34(30-24)13-14-37-18(2)3)27-23(31(5)17-28-27)11-12-33(25(27)32)26(36)35(20-7-8-20)21-9-10-21/h11,15-18,20-21,25H,6-10,12-14H2,1-5H3,(H,29,30). The van der Waals surface area contributed by atoms with Crippen molar-refractivity contribution in [1.82, 2.24) is 29.4 Å². The lowest BCUT2D eigenvalue weighted by molar-refractivity contribution is 0.0589. The molecular weight excluding hydrogens is 468 g/mol. The second-order valence-corrected chi connectivity index (χ2v) is 11.2. The van der Waals surface area contributed by atoms with Gasteiger partial charge in [-0.15, -0.1) is 0 Å². The van der Waals surface area contributed by atoms with Gasteiger partial charge in [-0.05, 0) is 59.5 Å². The molecule has 0 aromatic carbocycles. The average molecular weight is 509 g/mol. The van der Waals surface area contributed by atoms with Crippen LogP contribution in [-0.4, -0.2) is 98.4 Å². The van der Waals surface area contributed by atoms with Gasteiger partial charge in [-0.2, -0.15) is 5.10 Å². The zero-order valence-corrected chi connectivity index (χ0v) is 22.7. The van der Waals surface area contributed by atoms with Crippen LogP contribution in [-0.2, 0) is 11.3 Å². The monoisotopic (exact) mass is 508 g/mol. The molecule has 2 unspecified atom stereocenters. The molecule has 200 valence electrons. The van der Waals surface area contributed by atoms with Crippen LogP contribution in [0.4, 0.5) is 10.6 Å².